The molecule has 5 heterocycles. The van der Waals surface area contributed by atoms with E-state index >= 15 is 0 Å². The third-order valence-corrected chi connectivity index (χ3v) is 13.8. The van der Waals surface area contributed by atoms with Crippen LogP contribution >= 0.6 is 0 Å². The van der Waals surface area contributed by atoms with Gasteiger partial charge in [-0.15, -0.1) is 0 Å². The van der Waals surface area contributed by atoms with Gasteiger partial charge in [-0.05, 0) is 88.0 Å². The molecule has 4 nitrogen and oxygen atoms in total. The Morgan fingerprint density at radius 1 is 0.407 bits per heavy atom. The van der Waals surface area contributed by atoms with E-state index in [9.17, 15) is 0 Å². The number of aromatic nitrogens is 4. The van der Waals surface area contributed by atoms with Crippen molar-refractivity contribution in [3.05, 3.63) is 192 Å². The van der Waals surface area contributed by atoms with E-state index in [1.54, 1.807) is 0 Å². The van der Waals surface area contributed by atoms with Crippen LogP contribution in [0, 0.1) is 0 Å². The van der Waals surface area contributed by atoms with Gasteiger partial charge >= 0.3 is 0 Å². The lowest BCUT2D eigenvalue weighted by Crippen LogP contribution is -2.30. The molecular weight excluding hydrogens is 717 g/mol. The Morgan fingerprint density at radius 2 is 1.05 bits per heavy atom. The van der Waals surface area contributed by atoms with Crippen molar-refractivity contribution in [2.45, 2.75) is 38.5 Å². The molecule has 3 aromatic heterocycles. The molecule has 2 aliphatic heterocycles. The topological polar surface area (TPSA) is 27.7 Å². The standard InChI is InChI=1S/C55H40N4/c1-54(2)40-19-9-12-23-46(40)58-45-30-29-35(33-25-27-34(28-26-33)53-56-43-21-10-13-24-47(43)57(53)36-15-6-5-7-16-36)31-39(45)49-50-48(32-42(54)52(49)58)59-44-22-11-8-17-37(44)38-18-14-20-41(51(38)59)55(50,3)4/h5-32H,1-4H3. The Kier molecular flexibility index (Phi) is 6.28. The molecule has 2 aliphatic rings. The molecule has 4 heteroatoms. The number of rotatable bonds is 3. The molecule has 59 heavy (non-hydrogen) atoms. The van der Waals surface area contributed by atoms with Crippen molar-refractivity contribution in [3.63, 3.8) is 0 Å². The lowest BCUT2D eigenvalue weighted by atomic mass is 9.69. The second-order valence-electron chi connectivity index (χ2n) is 17.6. The van der Waals surface area contributed by atoms with Gasteiger partial charge in [0.1, 0.15) is 5.82 Å². The minimum Gasteiger partial charge on any atom is -0.309 e. The molecule has 0 fully saturated rings. The van der Waals surface area contributed by atoms with Crippen LogP contribution in [0.1, 0.15) is 49.9 Å². The maximum atomic E-state index is 5.15. The molecule has 0 N–H and O–H groups in total. The van der Waals surface area contributed by atoms with Crippen molar-refractivity contribution < 1.29 is 0 Å². The van der Waals surface area contributed by atoms with Crippen molar-refractivity contribution in [3.8, 4) is 39.6 Å². The molecule has 11 aromatic rings. The van der Waals surface area contributed by atoms with Gasteiger partial charge in [0.2, 0.25) is 0 Å². The molecule has 8 aromatic carbocycles. The zero-order chi connectivity index (χ0) is 39.4. The molecule has 0 atom stereocenters. The van der Waals surface area contributed by atoms with E-state index < -0.39 is 0 Å². The molecule has 13 rings (SSSR count). The number of imidazole rings is 1. The largest absolute Gasteiger partial charge is 0.309 e. The molecule has 0 saturated carbocycles. The smallest absolute Gasteiger partial charge is 0.145 e. The first-order valence-electron chi connectivity index (χ1n) is 20.7. The van der Waals surface area contributed by atoms with Gasteiger partial charge in [0.05, 0.1) is 44.5 Å². The number of hydrogen-bond donors (Lipinski definition) is 0. The summed E-state index contributed by atoms with van der Waals surface area (Å²) in [6, 6.07) is 62.6. The number of fused-ring (bicyclic) bond motifs is 12. The minimum absolute atomic E-state index is 0.216. The summed E-state index contributed by atoms with van der Waals surface area (Å²) < 4.78 is 7.43. The monoisotopic (exact) mass is 756 g/mol. The van der Waals surface area contributed by atoms with Crippen LogP contribution in [0.2, 0.25) is 0 Å². The highest BCUT2D eigenvalue weighted by Gasteiger charge is 2.42. The Hall–Kier alpha value is -7.17. The van der Waals surface area contributed by atoms with Crippen molar-refractivity contribution >= 4 is 54.6 Å². The SMILES string of the molecule is CC1(C)c2c(cc3c4c2c2cc(-c5ccc(-c6nc7ccccc7n6-c6ccccc6)cc5)ccc2n4-c2ccccc2C3(C)C)-n2c3ccccc3c3cccc1c32. The van der Waals surface area contributed by atoms with Gasteiger partial charge in [-0.2, -0.15) is 0 Å². The maximum Gasteiger partial charge on any atom is 0.145 e. The van der Waals surface area contributed by atoms with Crippen LogP contribution in [0.25, 0.3) is 94.2 Å². The number of nitrogens with zero attached hydrogens (tertiary/aromatic N) is 4. The van der Waals surface area contributed by atoms with Crippen LogP contribution < -0.4 is 0 Å². The summed E-state index contributed by atoms with van der Waals surface area (Å²) in [5.41, 5.74) is 19.4. The Labute approximate surface area is 342 Å². The predicted molar refractivity (Wildman–Crippen MR) is 245 cm³/mol. The summed E-state index contributed by atoms with van der Waals surface area (Å²) in [5.74, 6) is 0.940. The summed E-state index contributed by atoms with van der Waals surface area (Å²) in [5, 5.41) is 5.27. The van der Waals surface area contributed by atoms with Gasteiger partial charge in [0.25, 0.3) is 0 Å². The predicted octanol–water partition coefficient (Wildman–Crippen LogP) is 13.8. The molecular formula is C55H40N4. The number of benzene rings is 8. The fourth-order valence-electron chi connectivity index (χ4n) is 11.0. The summed E-state index contributed by atoms with van der Waals surface area (Å²) in [6.45, 7) is 9.72. The average Bonchev–Trinajstić information content (AvgIpc) is 3.94. The second kappa shape index (κ2) is 11.3. The molecule has 0 saturated heterocycles. The van der Waals surface area contributed by atoms with Gasteiger partial charge in [-0.3, -0.25) is 4.57 Å². The average molecular weight is 757 g/mol. The molecule has 0 radical (unpaired) electrons. The quantitative estimate of drug-likeness (QED) is 0.176. The van der Waals surface area contributed by atoms with Crippen LogP contribution in [0.4, 0.5) is 0 Å². The van der Waals surface area contributed by atoms with E-state index in [1.165, 1.54) is 88.4 Å². The highest BCUT2D eigenvalue weighted by molar-refractivity contribution is 6.18. The highest BCUT2D eigenvalue weighted by Crippen LogP contribution is 2.56. The summed E-state index contributed by atoms with van der Waals surface area (Å²) in [6.07, 6.45) is 0. The van der Waals surface area contributed by atoms with Crippen LogP contribution in [-0.4, -0.2) is 18.7 Å². The zero-order valence-corrected chi connectivity index (χ0v) is 33.5. The zero-order valence-electron chi connectivity index (χ0n) is 33.5. The first kappa shape index (κ1) is 32.9. The molecule has 0 bridgehead atoms. The first-order chi connectivity index (χ1) is 28.8. The molecule has 0 amide bonds. The maximum absolute atomic E-state index is 5.15. The molecule has 0 unspecified atom stereocenters. The van der Waals surface area contributed by atoms with Crippen LogP contribution in [0.3, 0.4) is 0 Å². The first-order valence-corrected chi connectivity index (χ1v) is 20.7. The van der Waals surface area contributed by atoms with E-state index in [4.69, 9.17) is 4.98 Å². The lowest BCUT2D eigenvalue weighted by molar-refractivity contribution is 0.618. The number of hydrogen-bond acceptors (Lipinski definition) is 1. The van der Waals surface area contributed by atoms with Crippen LogP contribution in [0.5, 0.6) is 0 Å². The molecule has 0 aliphatic carbocycles. The van der Waals surface area contributed by atoms with Gasteiger partial charge < -0.3 is 9.13 Å². The van der Waals surface area contributed by atoms with E-state index in [-0.39, 0.29) is 10.8 Å². The van der Waals surface area contributed by atoms with Crippen molar-refractivity contribution in [2.24, 2.45) is 0 Å². The third kappa shape index (κ3) is 4.15. The van der Waals surface area contributed by atoms with E-state index in [1.807, 2.05) is 0 Å². The molecule has 0 spiro atoms. The Bertz CT molecular complexity index is 3590. The van der Waals surface area contributed by atoms with Gasteiger partial charge in [0.15, 0.2) is 0 Å². The van der Waals surface area contributed by atoms with Gasteiger partial charge in [0, 0.05) is 43.6 Å². The fraction of sp³-hybridized carbons (Fsp3) is 0.109. The Balaban J connectivity index is 1.09. The van der Waals surface area contributed by atoms with E-state index in [0.717, 1.165) is 28.1 Å². The second-order valence-corrected chi connectivity index (χ2v) is 17.6. The van der Waals surface area contributed by atoms with Crippen molar-refractivity contribution in [2.75, 3.05) is 0 Å². The van der Waals surface area contributed by atoms with E-state index in [2.05, 4.69) is 211 Å². The third-order valence-electron chi connectivity index (χ3n) is 13.8. The van der Waals surface area contributed by atoms with Crippen LogP contribution in [-0.2, 0) is 10.8 Å². The van der Waals surface area contributed by atoms with Crippen molar-refractivity contribution in [1.29, 1.82) is 0 Å². The summed E-state index contributed by atoms with van der Waals surface area (Å²) in [4.78, 5) is 5.15. The van der Waals surface area contributed by atoms with Crippen LogP contribution in [0.15, 0.2) is 170 Å². The molecule has 280 valence electrons. The normalized spacial score (nSPS) is 14.7. The minimum atomic E-state index is -0.264. The summed E-state index contributed by atoms with van der Waals surface area (Å²) in [7, 11) is 0. The highest BCUT2D eigenvalue weighted by atomic mass is 15.1. The van der Waals surface area contributed by atoms with Crippen molar-refractivity contribution in [1.82, 2.24) is 18.7 Å². The van der Waals surface area contributed by atoms with E-state index in [0.29, 0.717) is 0 Å². The van der Waals surface area contributed by atoms with Gasteiger partial charge in [-0.25, -0.2) is 4.98 Å². The summed E-state index contributed by atoms with van der Waals surface area (Å²) >= 11 is 0. The number of para-hydroxylation sites is 6. The Morgan fingerprint density at radius 3 is 1.90 bits per heavy atom. The fourth-order valence-corrected chi connectivity index (χ4v) is 11.0. The van der Waals surface area contributed by atoms with Gasteiger partial charge in [-0.1, -0.05) is 143 Å². The lowest BCUT2D eigenvalue weighted by Gasteiger charge is -2.39.